The minimum absolute atomic E-state index is 0.0663. The molecular weight excluding hydrogens is 312 g/mol. The molecule has 1 amide bonds. The highest BCUT2D eigenvalue weighted by molar-refractivity contribution is 6.31. The van der Waals surface area contributed by atoms with E-state index in [1.165, 1.54) is 12.4 Å². The molecule has 0 saturated carbocycles. The van der Waals surface area contributed by atoms with Crippen molar-refractivity contribution >= 4 is 29.1 Å². The molecule has 0 aliphatic heterocycles. The Kier molecular flexibility index (Phi) is 5.93. The molecular formula is C17H21ClN4O. The lowest BCUT2D eigenvalue weighted by atomic mass is 10.2. The van der Waals surface area contributed by atoms with Crippen LogP contribution < -0.4 is 5.32 Å². The van der Waals surface area contributed by atoms with E-state index in [0.29, 0.717) is 16.5 Å². The highest BCUT2D eigenvalue weighted by Gasteiger charge is 2.12. The van der Waals surface area contributed by atoms with Crippen molar-refractivity contribution in [2.45, 2.75) is 26.7 Å². The molecule has 23 heavy (non-hydrogen) atoms. The third-order valence-electron chi connectivity index (χ3n) is 3.52. The Morgan fingerprint density at radius 1 is 1.30 bits per heavy atom. The van der Waals surface area contributed by atoms with Gasteiger partial charge in [-0.2, -0.15) is 0 Å². The lowest BCUT2D eigenvalue weighted by Crippen LogP contribution is -2.27. The number of anilines is 2. The van der Waals surface area contributed by atoms with Gasteiger partial charge in [0, 0.05) is 36.7 Å². The molecule has 0 radical (unpaired) electrons. The van der Waals surface area contributed by atoms with E-state index in [4.69, 9.17) is 11.6 Å². The first-order valence-corrected chi connectivity index (χ1v) is 7.99. The second-order valence-electron chi connectivity index (χ2n) is 5.46. The second kappa shape index (κ2) is 7.92. The van der Waals surface area contributed by atoms with Crippen LogP contribution in [0.3, 0.4) is 0 Å². The smallest absolute Gasteiger partial charge is 0.256 e. The van der Waals surface area contributed by atoms with Crippen LogP contribution in [0.25, 0.3) is 0 Å². The number of hydrogen-bond acceptors (Lipinski definition) is 4. The molecule has 5 nitrogen and oxygen atoms in total. The number of nitrogens with zero attached hydrogens (tertiary/aromatic N) is 3. The number of benzene rings is 1. The van der Waals surface area contributed by atoms with Crippen LogP contribution in [-0.2, 0) is 0 Å². The van der Waals surface area contributed by atoms with Crippen LogP contribution in [0.15, 0.2) is 30.6 Å². The fourth-order valence-electron chi connectivity index (χ4n) is 2.02. The first-order chi connectivity index (χ1) is 11.0. The number of aromatic nitrogens is 2. The summed E-state index contributed by atoms with van der Waals surface area (Å²) in [7, 11) is 1.79. The Morgan fingerprint density at radius 2 is 2.00 bits per heavy atom. The van der Waals surface area contributed by atoms with E-state index in [9.17, 15) is 4.79 Å². The molecule has 1 heterocycles. The molecule has 1 aromatic heterocycles. The molecule has 0 atom stereocenters. The number of carbonyl (C=O) groups is 1. The van der Waals surface area contributed by atoms with Gasteiger partial charge in [-0.05, 0) is 31.0 Å². The van der Waals surface area contributed by atoms with Gasteiger partial charge in [0.2, 0.25) is 5.95 Å². The number of rotatable bonds is 6. The zero-order valence-electron chi connectivity index (χ0n) is 13.6. The van der Waals surface area contributed by atoms with Crippen molar-refractivity contribution in [3.63, 3.8) is 0 Å². The van der Waals surface area contributed by atoms with E-state index in [1.54, 1.807) is 11.9 Å². The number of nitrogens with one attached hydrogen (secondary N) is 1. The van der Waals surface area contributed by atoms with Crippen molar-refractivity contribution in [1.29, 1.82) is 0 Å². The minimum Gasteiger partial charge on any atom is -0.342 e. The molecule has 0 bridgehead atoms. The summed E-state index contributed by atoms with van der Waals surface area (Å²) in [5.41, 5.74) is 2.30. The van der Waals surface area contributed by atoms with Gasteiger partial charge in [-0.3, -0.25) is 4.79 Å². The van der Waals surface area contributed by atoms with E-state index in [1.807, 2.05) is 25.1 Å². The van der Waals surface area contributed by atoms with E-state index >= 15 is 0 Å². The van der Waals surface area contributed by atoms with Gasteiger partial charge in [0.25, 0.3) is 5.91 Å². The molecule has 0 aliphatic rings. The normalized spacial score (nSPS) is 10.4. The number of hydrogen-bond donors (Lipinski definition) is 1. The van der Waals surface area contributed by atoms with Crippen molar-refractivity contribution < 1.29 is 4.79 Å². The summed E-state index contributed by atoms with van der Waals surface area (Å²) >= 11 is 6.09. The van der Waals surface area contributed by atoms with Crippen LogP contribution in [-0.4, -0.2) is 34.4 Å². The van der Waals surface area contributed by atoms with Crippen LogP contribution in [0.2, 0.25) is 5.02 Å². The summed E-state index contributed by atoms with van der Waals surface area (Å²) in [6.07, 6.45) is 5.11. The third-order valence-corrected chi connectivity index (χ3v) is 3.93. The first kappa shape index (κ1) is 17.2. The predicted molar refractivity (Wildman–Crippen MR) is 93.4 cm³/mol. The molecule has 122 valence electrons. The van der Waals surface area contributed by atoms with E-state index in [2.05, 4.69) is 22.2 Å². The fourth-order valence-corrected chi connectivity index (χ4v) is 2.20. The van der Waals surface area contributed by atoms with Gasteiger partial charge in [-0.25, -0.2) is 9.97 Å². The van der Waals surface area contributed by atoms with Crippen molar-refractivity contribution in [2.24, 2.45) is 0 Å². The van der Waals surface area contributed by atoms with Gasteiger partial charge >= 0.3 is 0 Å². The average Bonchev–Trinajstić information content (AvgIpc) is 2.56. The van der Waals surface area contributed by atoms with E-state index in [-0.39, 0.29) is 5.91 Å². The van der Waals surface area contributed by atoms with Crippen molar-refractivity contribution in [1.82, 2.24) is 14.9 Å². The topological polar surface area (TPSA) is 58.1 Å². The zero-order valence-corrected chi connectivity index (χ0v) is 14.4. The van der Waals surface area contributed by atoms with Gasteiger partial charge in [0.15, 0.2) is 0 Å². The summed E-state index contributed by atoms with van der Waals surface area (Å²) in [5.74, 6) is 0.362. The third kappa shape index (κ3) is 4.66. The minimum atomic E-state index is -0.0663. The summed E-state index contributed by atoms with van der Waals surface area (Å²) in [6, 6.07) is 5.64. The highest BCUT2D eigenvalue weighted by Crippen LogP contribution is 2.21. The Morgan fingerprint density at radius 3 is 2.61 bits per heavy atom. The Hall–Kier alpha value is -2.14. The van der Waals surface area contributed by atoms with Crippen molar-refractivity contribution in [3.05, 3.63) is 46.7 Å². The van der Waals surface area contributed by atoms with Crippen LogP contribution in [0.1, 0.15) is 35.7 Å². The molecule has 6 heteroatoms. The fraction of sp³-hybridized carbons (Fsp3) is 0.353. The number of halogens is 1. The number of amides is 1. The van der Waals surface area contributed by atoms with Crippen LogP contribution >= 0.6 is 11.6 Å². The maximum Gasteiger partial charge on any atom is 0.256 e. The molecule has 0 aliphatic carbocycles. The predicted octanol–water partition coefficient (Wildman–Crippen LogP) is 4.05. The lowest BCUT2D eigenvalue weighted by Gasteiger charge is -2.16. The molecule has 0 fully saturated rings. The van der Waals surface area contributed by atoms with Gasteiger partial charge in [0.1, 0.15) is 0 Å². The zero-order chi connectivity index (χ0) is 16.8. The number of aryl methyl sites for hydroxylation is 1. The molecule has 0 spiro atoms. The van der Waals surface area contributed by atoms with Gasteiger partial charge < -0.3 is 10.2 Å². The van der Waals surface area contributed by atoms with Crippen LogP contribution in [0.4, 0.5) is 11.6 Å². The largest absolute Gasteiger partial charge is 0.342 e. The lowest BCUT2D eigenvalue weighted by molar-refractivity contribution is 0.0792. The maximum atomic E-state index is 12.2. The number of carbonyl (C=O) groups excluding carboxylic acids is 1. The van der Waals surface area contributed by atoms with E-state index < -0.39 is 0 Å². The van der Waals surface area contributed by atoms with Gasteiger partial charge in [-0.1, -0.05) is 31.0 Å². The Balaban J connectivity index is 2.04. The summed E-state index contributed by atoms with van der Waals surface area (Å²) < 4.78 is 0. The molecule has 2 aromatic rings. The molecule has 0 saturated heterocycles. The maximum absolute atomic E-state index is 12.2. The van der Waals surface area contributed by atoms with Crippen LogP contribution in [0, 0.1) is 6.92 Å². The van der Waals surface area contributed by atoms with Gasteiger partial charge in [0.05, 0.1) is 5.56 Å². The molecule has 0 unspecified atom stereocenters. The van der Waals surface area contributed by atoms with Crippen molar-refractivity contribution in [2.75, 3.05) is 18.9 Å². The van der Waals surface area contributed by atoms with E-state index in [0.717, 1.165) is 30.6 Å². The highest BCUT2D eigenvalue weighted by atomic mass is 35.5. The standard InChI is InChI=1S/C17H21ClN4O/c1-4-5-8-22(3)16(23)13-10-19-17(20-11-13)21-14-7-6-12(2)15(18)9-14/h6-7,9-11H,4-5,8H2,1-3H3,(H,19,20,21). The van der Waals surface area contributed by atoms with Crippen LogP contribution in [0.5, 0.6) is 0 Å². The average molecular weight is 333 g/mol. The molecule has 2 rings (SSSR count). The molecule has 1 N–H and O–H groups in total. The number of unbranched alkanes of at least 4 members (excludes halogenated alkanes) is 1. The summed E-state index contributed by atoms with van der Waals surface area (Å²) in [5, 5.41) is 3.75. The summed E-state index contributed by atoms with van der Waals surface area (Å²) in [6.45, 7) is 4.77. The van der Waals surface area contributed by atoms with Gasteiger partial charge in [-0.15, -0.1) is 0 Å². The second-order valence-corrected chi connectivity index (χ2v) is 5.87. The Bertz CT molecular complexity index is 673. The monoisotopic (exact) mass is 332 g/mol. The quantitative estimate of drug-likeness (QED) is 0.866. The SMILES string of the molecule is CCCCN(C)C(=O)c1cnc(Nc2ccc(C)c(Cl)c2)nc1. The van der Waals surface area contributed by atoms with Crippen molar-refractivity contribution in [3.8, 4) is 0 Å². The summed E-state index contributed by atoms with van der Waals surface area (Å²) in [4.78, 5) is 22.3. The first-order valence-electron chi connectivity index (χ1n) is 7.62. The molecule has 1 aromatic carbocycles. The Labute approximate surface area is 141 Å².